The summed E-state index contributed by atoms with van der Waals surface area (Å²) in [5.74, 6) is 0.644. The van der Waals surface area contributed by atoms with Gasteiger partial charge in [-0.05, 0) is 24.1 Å². The largest absolute Gasteiger partial charge is 0.356 e. The van der Waals surface area contributed by atoms with Crippen LogP contribution in [0.15, 0.2) is 29.3 Å². The summed E-state index contributed by atoms with van der Waals surface area (Å²) >= 11 is 0. The first kappa shape index (κ1) is 16.1. The molecular formula is C12H19FIN3. The minimum atomic E-state index is -0.186. The minimum absolute atomic E-state index is 0. The zero-order valence-corrected chi connectivity index (χ0v) is 12.7. The van der Waals surface area contributed by atoms with Crippen molar-refractivity contribution in [2.24, 2.45) is 4.99 Å². The summed E-state index contributed by atoms with van der Waals surface area (Å²) in [4.78, 5) is 6.00. The van der Waals surface area contributed by atoms with Crippen molar-refractivity contribution in [2.45, 2.75) is 6.42 Å². The van der Waals surface area contributed by atoms with Crippen LogP contribution in [0.2, 0.25) is 0 Å². The summed E-state index contributed by atoms with van der Waals surface area (Å²) in [6.45, 7) is 0.744. The van der Waals surface area contributed by atoms with Gasteiger partial charge in [0.05, 0.1) is 0 Å². The molecule has 0 unspecified atom stereocenters. The molecule has 0 bridgehead atoms. The van der Waals surface area contributed by atoms with Crippen molar-refractivity contribution in [1.82, 2.24) is 10.2 Å². The van der Waals surface area contributed by atoms with E-state index in [2.05, 4.69) is 10.3 Å². The molecule has 0 heterocycles. The van der Waals surface area contributed by atoms with E-state index in [1.54, 1.807) is 19.2 Å². The van der Waals surface area contributed by atoms with E-state index >= 15 is 0 Å². The highest BCUT2D eigenvalue weighted by molar-refractivity contribution is 14.0. The van der Waals surface area contributed by atoms with Gasteiger partial charge < -0.3 is 10.2 Å². The van der Waals surface area contributed by atoms with Gasteiger partial charge in [-0.25, -0.2) is 4.39 Å². The maximum atomic E-state index is 12.9. The van der Waals surface area contributed by atoms with E-state index in [4.69, 9.17) is 0 Å². The summed E-state index contributed by atoms with van der Waals surface area (Å²) in [5, 5.41) is 3.19. The highest BCUT2D eigenvalue weighted by atomic mass is 127. The Morgan fingerprint density at radius 1 is 1.41 bits per heavy atom. The van der Waals surface area contributed by atoms with Crippen LogP contribution in [-0.4, -0.2) is 38.5 Å². The Morgan fingerprint density at radius 2 is 2.12 bits per heavy atom. The molecule has 1 aromatic rings. The lowest BCUT2D eigenvalue weighted by molar-refractivity contribution is 0.582. The van der Waals surface area contributed by atoms with E-state index in [1.165, 1.54) is 6.07 Å². The van der Waals surface area contributed by atoms with Crippen LogP contribution in [0.25, 0.3) is 0 Å². The smallest absolute Gasteiger partial charge is 0.193 e. The number of nitrogens with zero attached hydrogens (tertiary/aromatic N) is 2. The predicted octanol–water partition coefficient (Wildman–Crippen LogP) is 2.12. The molecule has 0 aromatic heterocycles. The van der Waals surface area contributed by atoms with Crippen LogP contribution in [-0.2, 0) is 6.42 Å². The van der Waals surface area contributed by atoms with Crippen LogP contribution in [0.5, 0.6) is 0 Å². The number of hydrogen-bond acceptors (Lipinski definition) is 1. The lowest BCUT2D eigenvalue weighted by Crippen LogP contribution is -2.37. The predicted molar refractivity (Wildman–Crippen MR) is 80.6 cm³/mol. The van der Waals surface area contributed by atoms with E-state index in [0.29, 0.717) is 0 Å². The molecular weight excluding hydrogens is 332 g/mol. The standard InChI is InChI=1S/C12H18FN3.HI/c1-14-12(16(2)3)15-8-7-10-5-4-6-11(13)9-10;/h4-6,9H,7-8H2,1-3H3,(H,14,15);1H. The highest BCUT2D eigenvalue weighted by Crippen LogP contribution is 2.03. The third kappa shape index (κ3) is 5.86. The maximum absolute atomic E-state index is 12.9. The summed E-state index contributed by atoms with van der Waals surface area (Å²) < 4.78 is 12.9. The van der Waals surface area contributed by atoms with Crippen LogP contribution < -0.4 is 5.32 Å². The van der Waals surface area contributed by atoms with Gasteiger partial charge in [-0.1, -0.05) is 12.1 Å². The number of nitrogens with one attached hydrogen (secondary N) is 1. The number of aliphatic imine (C=N–C) groups is 1. The van der Waals surface area contributed by atoms with Gasteiger partial charge in [-0.3, -0.25) is 4.99 Å². The first-order chi connectivity index (χ1) is 7.63. The molecule has 0 radical (unpaired) electrons. The molecule has 0 fully saturated rings. The molecule has 0 aliphatic heterocycles. The first-order valence-corrected chi connectivity index (χ1v) is 5.26. The lowest BCUT2D eigenvalue weighted by atomic mass is 10.1. The quantitative estimate of drug-likeness (QED) is 0.513. The zero-order chi connectivity index (χ0) is 12.0. The zero-order valence-electron chi connectivity index (χ0n) is 10.4. The number of halogens is 2. The SMILES string of the molecule is CN=C(NCCc1cccc(F)c1)N(C)C.I. The Hall–Kier alpha value is -0.850. The van der Waals surface area contributed by atoms with Crippen LogP contribution in [0.4, 0.5) is 4.39 Å². The molecule has 3 nitrogen and oxygen atoms in total. The normalized spacial score (nSPS) is 10.7. The highest BCUT2D eigenvalue weighted by Gasteiger charge is 2.00. The second-order valence-corrected chi connectivity index (χ2v) is 3.75. The van der Waals surface area contributed by atoms with E-state index in [0.717, 1.165) is 24.5 Å². The molecule has 0 saturated heterocycles. The van der Waals surface area contributed by atoms with Crippen LogP contribution in [0.1, 0.15) is 5.56 Å². The minimum Gasteiger partial charge on any atom is -0.356 e. The van der Waals surface area contributed by atoms with Gasteiger partial charge in [0.1, 0.15) is 5.82 Å². The number of benzene rings is 1. The Balaban J connectivity index is 0.00000256. The summed E-state index contributed by atoms with van der Waals surface area (Å²) in [6, 6.07) is 6.66. The summed E-state index contributed by atoms with van der Waals surface area (Å²) in [5.41, 5.74) is 0.988. The van der Waals surface area contributed by atoms with Crippen LogP contribution >= 0.6 is 24.0 Å². The number of rotatable bonds is 3. The van der Waals surface area contributed by atoms with E-state index in [1.807, 2.05) is 25.1 Å². The van der Waals surface area contributed by atoms with E-state index in [9.17, 15) is 4.39 Å². The molecule has 0 aliphatic rings. The van der Waals surface area contributed by atoms with Crippen molar-refractivity contribution in [3.05, 3.63) is 35.6 Å². The second kappa shape index (κ2) is 8.27. The average Bonchev–Trinajstić information content (AvgIpc) is 2.24. The molecule has 96 valence electrons. The lowest BCUT2D eigenvalue weighted by Gasteiger charge is -2.16. The molecule has 5 heteroatoms. The van der Waals surface area contributed by atoms with Crippen molar-refractivity contribution in [3.8, 4) is 0 Å². The van der Waals surface area contributed by atoms with Crippen molar-refractivity contribution in [2.75, 3.05) is 27.7 Å². The third-order valence-corrected chi connectivity index (χ3v) is 2.22. The van der Waals surface area contributed by atoms with Gasteiger partial charge in [0.25, 0.3) is 0 Å². The fraction of sp³-hybridized carbons (Fsp3) is 0.417. The Morgan fingerprint density at radius 3 is 2.65 bits per heavy atom. The fourth-order valence-corrected chi connectivity index (χ4v) is 1.45. The molecule has 0 atom stereocenters. The fourth-order valence-electron chi connectivity index (χ4n) is 1.45. The maximum Gasteiger partial charge on any atom is 0.193 e. The van der Waals surface area contributed by atoms with E-state index in [-0.39, 0.29) is 29.8 Å². The molecule has 1 N–H and O–H groups in total. The summed E-state index contributed by atoms with van der Waals surface area (Å²) in [6.07, 6.45) is 0.782. The molecule has 1 rings (SSSR count). The van der Waals surface area contributed by atoms with Crippen LogP contribution in [0, 0.1) is 5.82 Å². The van der Waals surface area contributed by atoms with Gasteiger partial charge in [0.2, 0.25) is 0 Å². The second-order valence-electron chi connectivity index (χ2n) is 3.75. The molecule has 1 aromatic carbocycles. The average molecular weight is 351 g/mol. The molecule has 0 aliphatic carbocycles. The summed E-state index contributed by atoms with van der Waals surface area (Å²) in [7, 11) is 5.60. The number of hydrogen-bond donors (Lipinski definition) is 1. The van der Waals surface area contributed by atoms with Gasteiger partial charge in [-0.2, -0.15) is 0 Å². The Kier molecular flexibility index (Phi) is 7.86. The van der Waals surface area contributed by atoms with Gasteiger partial charge in [0, 0.05) is 27.7 Å². The van der Waals surface area contributed by atoms with Gasteiger partial charge in [0.15, 0.2) is 5.96 Å². The van der Waals surface area contributed by atoms with Crippen molar-refractivity contribution >= 4 is 29.9 Å². The monoisotopic (exact) mass is 351 g/mol. The van der Waals surface area contributed by atoms with Crippen molar-refractivity contribution < 1.29 is 4.39 Å². The molecule has 0 amide bonds. The topological polar surface area (TPSA) is 27.6 Å². The molecule has 0 saturated carbocycles. The third-order valence-electron chi connectivity index (χ3n) is 2.22. The molecule has 17 heavy (non-hydrogen) atoms. The van der Waals surface area contributed by atoms with Crippen molar-refractivity contribution in [3.63, 3.8) is 0 Å². The Labute approximate surface area is 119 Å². The Bertz CT molecular complexity index is 367. The van der Waals surface area contributed by atoms with Gasteiger partial charge in [-0.15, -0.1) is 24.0 Å². The van der Waals surface area contributed by atoms with Crippen LogP contribution in [0.3, 0.4) is 0 Å². The molecule has 0 spiro atoms. The first-order valence-electron chi connectivity index (χ1n) is 5.26. The van der Waals surface area contributed by atoms with Gasteiger partial charge >= 0.3 is 0 Å². The van der Waals surface area contributed by atoms with E-state index < -0.39 is 0 Å². The number of guanidine groups is 1. The van der Waals surface area contributed by atoms with Crippen molar-refractivity contribution in [1.29, 1.82) is 0 Å².